The maximum atomic E-state index is 12.5. The third-order valence-corrected chi connectivity index (χ3v) is 3.51. The molecule has 0 aromatic heterocycles. The number of alkyl halides is 2. The van der Waals surface area contributed by atoms with Crippen LogP contribution >= 0.6 is 0 Å². The minimum Gasteiger partial charge on any atom is -0.497 e. The minimum absolute atomic E-state index is 0.0420. The minimum atomic E-state index is -2.91. The Kier molecular flexibility index (Phi) is 6.56. The van der Waals surface area contributed by atoms with Crippen LogP contribution in [0.3, 0.4) is 0 Å². The van der Waals surface area contributed by atoms with Crippen molar-refractivity contribution in [1.82, 2.24) is 0 Å². The predicted molar refractivity (Wildman–Crippen MR) is 94.4 cm³/mol. The van der Waals surface area contributed by atoms with Crippen LogP contribution in [0.15, 0.2) is 47.5 Å². The fourth-order valence-corrected chi connectivity index (χ4v) is 2.24. The summed E-state index contributed by atoms with van der Waals surface area (Å²) in [5, 5.41) is 2.98. The van der Waals surface area contributed by atoms with Crippen LogP contribution < -0.4 is 20.5 Å². The second-order valence-electron chi connectivity index (χ2n) is 5.23. The SMILES string of the molecule is CCc1cccc(NC(N)=NCc2cc(OC)ccc2OC(F)F)c1. The van der Waals surface area contributed by atoms with E-state index < -0.39 is 6.61 Å². The first-order valence-corrected chi connectivity index (χ1v) is 7.79. The molecule has 0 bridgehead atoms. The summed E-state index contributed by atoms with van der Waals surface area (Å²) < 4.78 is 34.6. The molecule has 0 atom stereocenters. The van der Waals surface area contributed by atoms with Crippen LogP contribution in [-0.4, -0.2) is 19.7 Å². The Bertz CT molecular complexity index is 736. The van der Waals surface area contributed by atoms with Gasteiger partial charge in [0.25, 0.3) is 0 Å². The number of aryl methyl sites for hydroxylation is 1. The fraction of sp³-hybridized carbons (Fsp3) is 0.278. The number of aliphatic imine (C=N–C) groups is 1. The Labute approximate surface area is 145 Å². The molecule has 0 aliphatic heterocycles. The zero-order valence-electron chi connectivity index (χ0n) is 14.1. The van der Waals surface area contributed by atoms with E-state index in [0.29, 0.717) is 11.3 Å². The molecule has 0 radical (unpaired) electrons. The van der Waals surface area contributed by atoms with Gasteiger partial charge >= 0.3 is 6.61 Å². The van der Waals surface area contributed by atoms with Crippen molar-refractivity contribution in [2.45, 2.75) is 26.5 Å². The molecule has 0 unspecified atom stereocenters. The Balaban J connectivity index is 2.13. The van der Waals surface area contributed by atoms with Crippen molar-refractivity contribution in [3.8, 4) is 11.5 Å². The van der Waals surface area contributed by atoms with Gasteiger partial charge in [-0.1, -0.05) is 19.1 Å². The number of rotatable bonds is 7. The molecule has 3 N–H and O–H groups in total. The van der Waals surface area contributed by atoms with E-state index in [-0.39, 0.29) is 18.3 Å². The second-order valence-corrected chi connectivity index (χ2v) is 5.23. The Morgan fingerprint density at radius 1 is 1.24 bits per heavy atom. The highest BCUT2D eigenvalue weighted by atomic mass is 19.3. The summed E-state index contributed by atoms with van der Waals surface area (Å²) in [5.74, 6) is 0.744. The number of halogens is 2. The predicted octanol–water partition coefficient (Wildman–Crippen LogP) is 3.79. The molecule has 25 heavy (non-hydrogen) atoms. The molecule has 0 saturated carbocycles. The molecule has 0 saturated heterocycles. The number of nitrogens with zero attached hydrogens (tertiary/aromatic N) is 1. The molecule has 5 nitrogen and oxygen atoms in total. The Morgan fingerprint density at radius 3 is 2.72 bits per heavy atom. The maximum absolute atomic E-state index is 12.5. The van der Waals surface area contributed by atoms with Gasteiger partial charge in [0.15, 0.2) is 5.96 Å². The third kappa shape index (κ3) is 5.63. The third-order valence-electron chi connectivity index (χ3n) is 3.51. The van der Waals surface area contributed by atoms with Crippen molar-refractivity contribution >= 4 is 11.6 Å². The van der Waals surface area contributed by atoms with Gasteiger partial charge in [0.1, 0.15) is 11.5 Å². The van der Waals surface area contributed by atoms with Gasteiger partial charge in [0, 0.05) is 11.3 Å². The molecule has 0 heterocycles. The summed E-state index contributed by atoms with van der Waals surface area (Å²) in [4.78, 5) is 4.19. The number of guanidine groups is 1. The molecule has 7 heteroatoms. The van der Waals surface area contributed by atoms with Crippen molar-refractivity contribution in [2.75, 3.05) is 12.4 Å². The molecule has 2 aromatic rings. The summed E-state index contributed by atoms with van der Waals surface area (Å²) in [6.07, 6.45) is 0.907. The van der Waals surface area contributed by atoms with Crippen LogP contribution in [0.1, 0.15) is 18.1 Å². The van der Waals surface area contributed by atoms with Crippen LogP contribution in [-0.2, 0) is 13.0 Å². The standard InChI is InChI=1S/C18H21F2N3O2/c1-3-12-5-4-6-14(9-12)23-18(21)22-11-13-10-15(24-2)7-8-16(13)25-17(19)20/h4-10,17H,3,11H2,1-2H3,(H3,21,22,23). The lowest BCUT2D eigenvalue weighted by molar-refractivity contribution is -0.0504. The summed E-state index contributed by atoms with van der Waals surface area (Å²) >= 11 is 0. The van der Waals surface area contributed by atoms with Gasteiger partial charge in [-0.05, 0) is 42.3 Å². The quantitative estimate of drug-likeness (QED) is 0.589. The molecule has 0 aliphatic rings. The van der Waals surface area contributed by atoms with Gasteiger partial charge in [-0.3, -0.25) is 0 Å². The molecule has 2 aromatic carbocycles. The van der Waals surface area contributed by atoms with Gasteiger partial charge in [-0.15, -0.1) is 0 Å². The first-order valence-electron chi connectivity index (χ1n) is 7.79. The zero-order chi connectivity index (χ0) is 18.2. The van der Waals surface area contributed by atoms with E-state index in [0.717, 1.165) is 12.1 Å². The van der Waals surface area contributed by atoms with Crippen LogP contribution in [0.25, 0.3) is 0 Å². The van der Waals surface area contributed by atoms with Crippen molar-refractivity contribution in [1.29, 1.82) is 0 Å². The summed E-state index contributed by atoms with van der Waals surface area (Å²) in [6, 6.07) is 12.3. The average molecular weight is 349 g/mol. The van der Waals surface area contributed by atoms with Gasteiger partial charge < -0.3 is 20.5 Å². The van der Waals surface area contributed by atoms with Gasteiger partial charge in [-0.2, -0.15) is 8.78 Å². The van der Waals surface area contributed by atoms with E-state index in [2.05, 4.69) is 22.0 Å². The molecule has 0 amide bonds. The van der Waals surface area contributed by atoms with Crippen molar-refractivity contribution in [3.63, 3.8) is 0 Å². The molecule has 2 rings (SSSR count). The summed E-state index contributed by atoms with van der Waals surface area (Å²) in [5.41, 5.74) is 8.32. The lowest BCUT2D eigenvalue weighted by Crippen LogP contribution is -2.22. The van der Waals surface area contributed by atoms with E-state index in [9.17, 15) is 8.78 Å². The van der Waals surface area contributed by atoms with Crippen LogP contribution in [0.2, 0.25) is 0 Å². The molecule has 0 aliphatic carbocycles. The van der Waals surface area contributed by atoms with Crippen LogP contribution in [0.5, 0.6) is 11.5 Å². The fourth-order valence-electron chi connectivity index (χ4n) is 2.24. The van der Waals surface area contributed by atoms with E-state index in [1.54, 1.807) is 12.1 Å². The van der Waals surface area contributed by atoms with Crippen molar-refractivity contribution < 1.29 is 18.3 Å². The highest BCUT2D eigenvalue weighted by molar-refractivity contribution is 5.92. The van der Waals surface area contributed by atoms with E-state index in [1.165, 1.54) is 18.7 Å². The Morgan fingerprint density at radius 2 is 2.04 bits per heavy atom. The van der Waals surface area contributed by atoms with Crippen LogP contribution in [0.4, 0.5) is 14.5 Å². The maximum Gasteiger partial charge on any atom is 0.387 e. The first kappa shape index (κ1) is 18.5. The number of hydrogen-bond acceptors (Lipinski definition) is 3. The summed E-state index contributed by atoms with van der Waals surface area (Å²) in [7, 11) is 1.49. The Hall–Kier alpha value is -2.83. The molecular formula is C18H21F2N3O2. The normalized spacial score (nSPS) is 11.5. The molecule has 0 spiro atoms. The smallest absolute Gasteiger partial charge is 0.387 e. The number of anilines is 1. The number of nitrogens with two attached hydrogens (primary N) is 1. The van der Waals surface area contributed by atoms with E-state index in [4.69, 9.17) is 10.5 Å². The average Bonchev–Trinajstić information content (AvgIpc) is 2.60. The first-order chi connectivity index (χ1) is 12.0. The number of nitrogens with one attached hydrogen (secondary N) is 1. The highest BCUT2D eigenvalue weighted by Crippen LogP contribution is 2.26. The topological polar surface area (TPSA) is 68.9 Å². The number of methoxy groups -OCH3 is 1. The lowest BCUT2D eigenvalue weighted by atomic mass is 10.1. The molecular weight excluding hydrogens is 328 g/mol. The van der Waals surface area contributed by atoms with Gasteiger partial charge in [0.2, 0.25) is 0 Å². The highest BCUT2D eigenvalue weighted by Gasteiger charge is 2.11. The van der Waals surface area contributed by atoms with E-state index in [1.807, 2.05) is 24.3 Å². The summed E-state index contributed by atoms with van der Waals surface area (Å²) in [6.45, 7) is -0.779. The lowest BCUT2D eigenvalue weighted by Gasteiger charge is -2.11. The van der Waals surface area contributed by atoms with Crippen molar-refractivity contribution in [3.05, 3.63) is 53.6 Å². The monoisotopic (exact) mass is 349 g/mol. The van der Waals surface area contributed by atoms with Crippen molar-refractivity contribution in [2.24, 2.45) is 10.7 Å². The molecule has 0 fully saturated rings. The molecule has 134 valence electrons. The van der Waals surface area contributed by atoms with Gasteiger partial charge in [0.05, 0.1) is 13.7 Å². The van der Waals surface area contributed by atoms with Gasteiger partial charge in [-0.25, -0.2) is 4.99 Å². The number of benzene rings is 2. The van der Waals surface area contributed by atoms with E-state index >= 15 is 0 Å². The number of ether oxygens (including phenoxy) is 2. The second kappa shape index (κ2) is 8.86. The number of hydrogen-bond donors (Lipinski definition) is 2. The zero-order valence-corrected chi connectivity index (χ0v) is 14.1. The largest absolute Gasteiger partial charge is 0.497 e. The van der Waals surface area contributed by atoms with Crippen LogP contribution in [0, 0.1) is 0 Å².